The number of aliphatic hydroxyl groups excluding tert-OH is 1. The summed E-state index contributed by atoms with van der Waals surface area (Å²) in [6, 6.07) is 7.81. The summed E-state index contributed by atoms with van der Waals surface area (Å²) in [6.45, 7) is 3.93. The molecule has 0 spiro atoms. The highest BCUT2D eigenvalue weighted by atomic mass is 79.9. The Morgan fingerprint density at radius 1 is 1.40 bits per heavy atom. The van der Waals surface area contributed by atoms with Gasteiger partial charge in [0.2, 0.25) is 0 Å². The maximum Gasteiger partial charge on any atom is 0.251 e. The van der Waals surface area contributed by atoms with Crippen LogP contribution in [0.2, 0.25) is 0 Å². The summed E-state index contributed by atoms with van der Waals surface area (Å²) in [4.78, 5) is 15.5. The highest BCUT2D eigenvalue weighted by molar-refractivity contribution is 9.10. The van der Waals surface area contributed by atoms with Crippen LogP contribution in [-0.4, -0.2) is 48.2 Å². The summed E-state index contributed by atoms with van der Waals surface area (Å²) in [7, 11) is 0. The topological polar surface area (TPSA) is 67.6 Å². The van der Waals surface area contributed by atoms with Crippen LogP contribution in [0.15, 0.2) is 22.7 Å². The van der Waals surface area contributed by atoms with Gasteiger partial charge in [0.05, 0.1) is 11.3 Å². The quantitative estimate of drug-likeness (QED) is 0.884. The van der Waals surface area contributed by atoms with Gasteiger partial charge >= 0.3 is 0 Å². The molecule has 1 aliphatic rings. The number of rotatable bonds is 2. The molecule has 0 aliphatic carbocycles. The minimum absolute atomic E-state index is 0.235. The molecule has 0 bridgehead atoms. The lowest BCUT2D eigenvalue weighted by molar-refractivity contribution is -0.139. The summed E-state index contributed by atoms with van der Waals surface area (Å²) < 4.78 is 0.876. The predicted molar refractivity (Wildman–Crippen MR) is 79.3 cm³/mol. The van der Waals surface area contributed by atoms with E-state index in [1.165, 1.54) is 6.92 Å². The standard InChI is InChI=1S/C14H16BrN3O2/c1-10(19)14(20)18-6-4-17(5-7-18)13-3-2-12(15)8-11(13)9-16/h2-3,8,10,19H,4-7H2,1H3/t10-/m0/s1. The van der Waals surface area contributed by atoms with Gasteiger partial charge in [-0.25, -0.2) is 0 Å². The van der Waals surface area contributed by atoms with Crippen molar-refractivity contribution in [2.45, 2.75) is 13.0 Å². The van der Waals surface area contributed by atoms with E-state index in [-0.39, 0.29) is 5.91 Å². The van der Waals surface area contributed by atoms with Gasteiger partial charge in [-0.3, -0.25) is 4.79 Å². The van der Waals surface area contributed by atoms with Crippen LogP contribution in [0.5, 0.6) is 0 Å². The molecular weight excluding hydrogens is 322 g/mol. The zero-order valence-electron chi connectivity index (χ0n) is 11.2. The van der Waals surface area contributed by atoms with Crippen molar-refractivity contribution in [3.05, 3.63) is 28.2 Å². The summed E-state index contributed by atoms with van der Waals surface area (Å²) in [5.74, 6) is -0.235. The Bertz CT molecular complexity index is 546. The van der Waals surface area contributed by atoms with Gasteiger partial charge in [0.1, 0.15) is 12.2 Å². The number of amides is 1. The van der Waals surface area contributed by atoms with E-state index in [9.17, 15) is 15.2 Å². The molecule has 1 N–H and O–H groups in total. The lowest BCUT2D eigenvalue weighted by Gasteiger charge is -2.37. The number of aliphatic hydroxyl groups is 1. The van der Waals surface area contributed by atoms with Crippen molar-refractivity contribution < 1.29 is 9.90 Å². The van der Waals surface area contributed by atoms with Crippen LogP contribution in [-0.2, 0) is 4.79 Å². The Morgan fingerprint density at radius 3 is 2.60 bits per heavy atom. The molecule has 6 heteroatoms. The van der Waals surface area contributed by atoms with Crippen molar-refractivity contribution >= 4 is 27.5 Å². The Hall–Kier alpha value is -1.58. The Morgan fingerprint density at radius 2 is 2.05 bits per heavy atom. The number of nitriles is 1. The fourth-order valence-corrected chi connectivity index (χ4v) is 2.67. The van der Waals surface area contributed by atoms with E-state index in [2.05, 4.69) is 26.9 Å². The number of anilines is 1. The van der Waals surface area contributed by atoms with E-state index in [0.29, 0.717) is 31.7 Å². The van der Waals surface area contributed by atoms with Crippen LogP contribution in [0.3, 0.4) is 0 Å². The van der Waals surface area contributed by atoms with E-state index in [1.54, 1.807) is 11.0 Å². The van der Waals surface area contributed by atoms with Crippen molar-refractivity contribution in [3.63, 3.8) is 0 Å². The van der Waals surface area contributed by atoms with Crippen molar-refractivity contribution in [1.29, 1.82) is 5.26 Å². The van der Waals surface area contributed by atoms with Gasteiger partial charge in [-0.15, -0.1) is 0 Å². The second-order valence-corrected chi connectivity index (χ2v) is 5.68. The summed E-state index contributed by atoms with van der Waals surface area (Å²) in [5.41, 5.74) is 1.51. The Balaban J connectivity index is 2.08. The zero-order valence-corrected chi connectivity index (χ0v) is 12.8. The molecular formula is C14H16BrN3O2. The van der Waals surface area contributed by atoms with Gasteiger partial charge in [0.25, 0.3) is 5.91 Å². The van der Waals surface area contributed by atoms with Crippen LogP contribution in [0.1, 0.15) is 12.5 Å². The second-order valence-electron chi connectivity index (χ2n) is 4.76. The normalized spacial score (nSPS) is 16.7. The number of piperazine rings is 1. The molecule has 1 amide bonds. The van der Waals surface area contributed by atoms with Crippen LogP contribution in [0, 0.1) is 11.3 Å². The fourth-order valence-electron chi connectivity index (χ4n) is 2.31. The zero-order chi connectivity index (χ0) is 14.7. The van der Waals surface area contributed by atoms with Gasteiger partial charge in [0, 0.05) is 30.7 Å². The first-order chi connectivity index (χ1) is 9.52. The van der Waals surface area contributed by atoms with Crippen LogP contribution in [0.4, 0.5) is 5.69 Å². The van der Waals surface area contributed by atoms with Gasteiger partial charge < -0.3 is 14.9 Å². The smallest absolute Gasteiger partial charge is 0.251 e. The molecule has 1 aromatic rings. The van der Waals surface area contributed by atoms with E-state index in [0.717, 1.165) is 10.2 Å². The van der Waals surface area contributed by atoms with Crippen molar-refractivity contribution in [2.75, 3.05) is 31.1 Å². The first-order valence-corrected chi connectivity index (χ1v) is 7.23. The number of benzene rings is 1. The van der Waals surface area contributed by atoms with Crippen LogP contribution < -0.4 is 4.90 Å². The monoisotopic (exact) mass is 337 g/mol. The molecule has 0 aromatic heterocycles. The Kier molecular flexibility index (Phi) is 4.63. The molecule has 20 heavy (non-hydrogen) atoms. The van der Waals surface area contributed by atoms with Crippen molar-refractivity contribution in [2.24, 2.45) is 0 Å². The minimum atomic E-state index is -0.955. The number of carbonyl (C=O) groups excluding carboxylic acids is 1. The Labute approximate surface area is 126 Å². The van der Waals surface area contributed by atoms with Crippen molar-refractivity contribution in [1.82, 2.24) is 4.90 Å². The summed E-state index contributed by atoms with van der Waals surface area (Å²) in [5, 5.41) is 18.5. The third-order valence-corrected chi connectivity index (χ3v) is 3.86. The fraction of sp³-hybridized carbons (Fsp3) is 0.429. The lowest BCUT2D eigenvalue weighted by atomic mass is 10.1. The highest BCUT2D eigenvalue weighted by Gasteiger charge is 2.24. The second kappa shape index (κ2) is 6.25. The summed E-state index contributed by atoms with van der Waals surface area (Å²) >= 11 is 3.36. The predicted octanol–water partition coefficient (Wildman–Crippen LogP) is 1.35. The number of hydrogen-bond acceptors (Lipinski definition) is 4. The third-order valence-electron chi connectivity index (χ3n) is 3.37. The first kappa shape index (κ1) is 14.8. The molecule has 5 nitrogen and oxygen atoms in total. The van der Waals surface area contributed by atoms with Gasteiger partial charge in [-0.1, -0.05) is 15.9 Å². The third kappa shape index (κ3) is 3.11. The molecule has 106 valence electrons. The molecule has 0 saturated carbocycles. The number of nitrogens with zero attached hydrogens (tertiary/aromatic N) is 3. The number of carbonyl (C=O) groups is 1. The summed E-state index contributed by atoms with van der Waals surface area (Å²) in [6.07, 6.45) is -0.955. The molecule has 1 aliphatic heterocycles. The average Bonchev–Trinajstić information content (AvgIpc) is 2.46. The van der Waals surface area contributed by atoms with Gasteiger partial charge in [-0.2, -0.15) is 5.26 Å². The average molecular weight is 338 g/mol. The maximum atomic E-state index is 11.7. The van der Waals surface area contributed by atoms with E-state index < -0.39 is 6.10 Å². The molecule has 1 aromatic carbocycles. The first-order valence-electron chi connectivity index (χ1n) is 6.44. The number of halogens is 1. The highest BCUT2D eigenvalue weighted by Crippen LogP contribution is 2.25. The lowest BCUT2D eigenvalue weighted by Crippen LogP contribution is -2.51. The molecule has 1 heterocycles. The van der Waals surface area contributed by atoms with Crippen LogP contribution >= 0.6 is 15.9 Å². The largest absolute Gasteiger partial charge is 0.384 e. The molecule has 1 atom stereocenters. The van der Waals surface area contributed by atoms with Crippen LogP contribution in [0.25, 0.3) is 0 Å². The van der Waals surface area contributed by atoms with E-state index in [1.807, 2.05) is 12.1 Å². The molecule has 1 fully saturated rings. The van der Waals surface area contributed by atoms with E-state index in [4.69, 9.17) is 0 Å². The minimum Gasteiger partial charge on any atom is -0.384 e. The van der Waals surface area contributed by atoms with E-state index >= 15 is 0 Å². The molecule has 0 unspecified atom stereocenters. The molecule has 1 saturated heterocycles. The molecule has 0 radical (unpaired) electrons. The molecule has 2 rings (SSSR count). The van der Waals surface area contributed by atoms with Gasteiger partial charge in [-0.05, 0) is 25.1 Å². The maximum absolute atomic E-state index is 11.7. The SMILES string of the molecule is C[C@H](O)C(=O)N1CCN(c2ccc(Br)cc2C#N)CC1. The van der Waals surface area contributed by atoms with Crippen molar-refractivity contribution in [3.8, 4) is 6.07 Å². The van der Waals surface area contributed by atoms with Gasteiger partial charge in [0.15, 0.2) is 0 Å². The number of hydrogen-bond donors (Lipinski definition) is 1.